The van der Waals surface area contributed by atoms with E-state index >= 15 is 0 Å². The molecule has 0 spiro atoms. The quantitative estimate of drug-likeness (QED) is 0.708. The molecule has 0 heterocycles. The van der Waals surface area contributed by atoms with Crippen molar-refractivity contribution in [1.82, 2.24) is 5.32 Å². The second kappa shape index (κ2) is 8.44. The monoisotopic (exact) mass is 282 g/mol. The van der Waals surface area contributed by atoms with Gasteiger partial charge in [0.25, 0.3) is 0 Å². The Morgan fingerprint density at radius 1 is 1.26 bits per heavy atom. The summed E-state index contributed by atoms with van der Waals surface area (Å²) in [6.07, 6.45) is 2.28. The van der Waals surface area contributed by atoms with Crippen LogP contribution in [0.5, 0.6) is 0 Å². The highest BCUT2D eigenvalue weighted by molar-refractivity contribution is 6.33. The van der Waals surface area contributed by atoms with Crippen molar-refractivity contribution in [3.05, 3.63) is 28.8 Å². The first-order chi connectivity index (χ1) is 9.15. The minimum absolute atomic E-state index is 0.509. The molecule has 0 saturated carbocycles. The average molecular weight is 283 g/mol. The van der Waals surface area contributed by atoms with Gasteiger partial charge in [0.05, 0.1) is 10.7 Å². The summed E-state index contributed by atoms with van der Waals surface area (Å²) in [5.41, 5.74) is 2.49. The third-order valence-electron chi connectivity index (χ3n) is 3.56. The van der Waals surface area contributed by atoms with Gasteiger partial charge in [-0.3, -0.25) is 0 Å². The molecule has 1 N–H and O–H groups in total. The number of nitrogens with zero attached hydrogens (tertiary/aromatic N) is 1. The van der Waals surface area contributed by atoms with Crippen LogP contribution in [0.25, 0.3) is 0 Å². The van der Waals surface area contributed by atoms with Crippen LogP contribution in [0.1, 0.15) is 46.1 Å². The van der Waals surface area contributed by atoms with E-state index in [1.807, 2.05) is 12.1 Å². The zero-order valence-electron chi connectivity index (χ0n) is 12.7. The summed E-state index contributed by atoms with van der Waals surface area (Å²) < 4.78 is 0. The lowest BCUT2D eigenvalue weighted by Gasteiger charge is -2.32. The molecule has 1 aromatic carbocycles. The fourth-order valence-corrected chi connectivity index (χ4v) is 2.64. The van der Waals surface area contributed by atoms with Crippen molar-refractivity contribution in [3.8, 4) is 0 Å². The molecule has 19 heavy (non-hydrogen) atoms. The van der Waals surface area contributed by atoms with Gasteiger partial charge in [-0.1, -0.05) is 37.6 Å². The van der Waals surface area contributed by atoms with E-state index in [2.05, 4.69) is 44.0 Å². The second-order valence-electron chi connectivity index (χ2n) is 4.97. The van der Waals surface area contributed by atoms with Gasteiger partial charge in [0, 0.05) is 19.1 Å². The molecular weight excluding hydrogens is 256 g/mol. The number of hydrogen-bond acceptors (Lipinski definition) is 2. The first-order valence-electron chi connectivity index (χ1n) is 7.40. The van der Waals surface area contributed by atoms with Crippen molar-refractivity contribution < 1.29 is 0 Å². The molecule has 3 heteroatoms. The highest BCUT2D eigenvalue weighted by atomic mass is 35.5. The maximum Gasteiger partial charge on any atom is 0.0643 e. The Labute approximate surface area is 123 Å². The van der Waals surface area contributed by atoms with Gasteiger partial charge < -0.3 is 10.2 Å². The Balaban J connectivity index is 3.01. The Morgan fingerprint density at radius 3 is 2.58 bits per heavy atom. The Hall–Kier alpha value is -0.730. The highest BCUT2D eigenvalue weighted by Crippen LogP contribution is 2.31. The molecule has 1 aromatic rings. The molecule has 0 fully saturated rings. The lowest BCUT2D eigenvalue weighted by atomic mass is 10.1. The zero-order chi connectivity index (χ0) is 14.3. The summed E-state index contributed by atoms with van der Waals surface area (Å²) in [7, 11) is 0. The number of benzene rings is 1. The molecule has 0 radical (unpaired) electrons. The van der Waals surface area contributed by atoms with E-state index in [4.69, 9.17) is 11.6 Å². The third kappa shape index (κ3) is 4.39. The molecule has 1 unspecified atom stereocenters. The van der Waals surface area contributed by atoms with E-state index in [0.717, 1.165) is 37.5 Å². The molecule has 0 aliphatic carbocycles. The van der Waals surface area contributed by atoms with Crippen LogP contribution >= 0.6 is 11.6 Å². The summed E-state index contributed by atoms with van der Waals surface area (Å²) in [5.74, 6) is 0. The van der Waals surface area contributed by atoms with Crippen LogP contribution in [0.2, 0.25) is 5.02 Å². The van der Waals surface area contributed by atoms with E-state index in [1.54, 1.807) is 0 Å². The first-order valence-corrected chi connectivity index (χ1v) is 7.78. The van der Waals surface area contributed by atoms with Crippen LogP contribution < -0.4 is 10.2 Å². The molecule has 2 nitrogen and oxygen atoms in total. The summed E-state index contributed by atoms with van der Waals surface area (Å²) in [5, 5.41) is 4.33. The summed E-state index contributed by atoms with van der Waals surface area (Å²) in [6.45, 7) is 11.8. The first kappa shape index (κ1) is 16.3. The van der Waals surface area contributed by atoms with Gasteiger partial charge in [-0.2, -0.15) is 0 Å². The molecule has 1 rings (SSSR count). The van der Waals surface area contributed by atoms with Crippen LogP contribution in [0, 0.1) is 0 Å². The van der Waals surface area contributed by atoms with Gasteiger partial charge in [0.2, 0.25) is 0 Å². The standard InChI is InChI=1S/C16H27ClN2/c1-5-11-18-12-14-9-8-10-15(17)16(14)19(7-3)13(4)6-2/h8-10,13,18H,5-7,11-12H2,1-4H3. The number of halogens is 1. The van der Waals surface area contributed by atoms with E-state index in [0.29, 0.717) is 6.04 Å². The maximum atomic E-state index is 6.45. The van der Waals surface area contributed by atoms with E-state index < -0.39 is 0 Å². The van der Waals surface area contributed by atoms with Crippen LogP contribution in [0.15, 0.2) is 18.2 Å². The van der Waals surface area contributed by atoms with Crippen molar-refractivity contribution in [2.24, 2.45) is 0 Å². The van der Waals surface area contributed by atoms with Crippen molar-refractivity contribution in [2.75, 3.05) is 18.0 Å². The van der Waals surface area contributed by atoms with Crippen LogP contribution in [0.3, 0.4) is 0 Å². The van der Waals surface area contributed by atoms with Crippen molar-refractivity contribution in [2.45, 2.75) is 53.1 Å². The number of rotatable bonds is 8. The van der Waals surface area contributed by atoms with Crippen LogP contribution in [-0.2, 0) is 6.54 Å². The van der Waals surface area contributed by atoms with Crippen LogP contribution in [0.4, 0.5) is 5.69 Å². The van der Waals surface area contributed by atoms with Gasteiger partial charge in [-0.05, 0) is 44.9 Å². The largest absolute Gasteiger partial charge is 0.368 e. The predicted octanol–water partition coefficient (Wildman–Crippen LogP) is 4.46. The molecule has 0 amide bonds. The van der Waals surface area contributed by atoms with E-state index in [1.165, 1.54) is 11.3 Å². The minimum Gasteiger partial charge on any atom is -0.368 e. The maximum absolute atomic E-state index is 6.45. The van der Waals surface area contributed by atoms with Gasteiger partial charge in [-0.15, -0.1) is 0 Å². The third-order valence-corrected chi connectivity index (χ3v) is 3.87. The van der Waals surface area contributed by atoms with Gasteiger partial charge in [-0.25, -0.2) is 0 Å². The number of para-hydroxylation sites is 1. The number of nitrogens with one attached hydrogen (secondary N) is 1. The van der Waals surface area contributed by atoms with Gasteiger partial charge >= 0.3 is 0 Å². The summed E-state index contributed by atoms with van der Waals surface area (Å²) >= 11 is 6.45. The van der Waals surface area contributed by atoms with E-state index in [9.17, 15) is 0 Å². The fraction of sp³-hybridized carbons (Fsp3) is 0.625. The molecule has 0 aromatic heterocycles. The van der Waals surface area contributed by atoms with Gasteiger partial charge in [0.15, 0.2) is 0 Å². The summed E-state index contributed by atoms with van der Waals surface area (Å²) in [6, 6.07) is 6.72. The summed E-state index contributed by atoms with van der Waals surface area (Å²) in [4.78, 5) is 2.41. The lowest BCUT2D eigenvalue weighted by Crippen LogP contribution is -2.33. The molecule has 0 saturated heterocycles. The molecule has 0 bridgehead atoms. The zero-order valence-corrected chi connectivity index (χ0v) is 13.4. The van der Waals surface area contributed by atoms with Crippen molar-refractivity contribution >= 4 is 17.3 Å². The van der Waals surface area contributed by atoms with Crippen LogP contribution in [-0.4, -0.2) is 19.1 Å². The highest BCUT2D eigenvalue weighted by Gasteiger charge is 2.17. The number of anilines is 1. The Bertz CT molecular complexity index is 379. The Kier molecular flexibility index (Phi) is 7.25. The molecular formula is C16H27ClN2. The SMILES string of the molecule is CCCNCc1cccc(Cl)c1N(CC)C(C)CC. The predicted molar refractivity (Wildman–Crippen MR) is 86.2 cm³/mol. The second-order valence-corrected chi connectivity index (χ2v) is 5.37. The molecule has 0 aliphatic rings. The van der Waals surface area contributed by atoms with Crippen molar-refractivity contribution in [1.29, 1.82) is 0 Å². The number of hydrogen-bond donors (Lipinski definition) is 1. The molecule has 1 atom stereocenters. The molecule has 0 aliphatic heterocycles. The molecule has 108 valence electrons. The van der Waals surface area contributed by atoms with E-state index in [-0.39, 0.29) is 0 Å². The topological polar surface area (TPSA) is 15.3 Å². The normalized spacial score (nSPS) is 12.5. The average Bonchev–Trinajstić information content (AvgIpc) is 2.42. The van der Waals surface area contributed by atoms with Crippen molar-refractivity contribution in [3.63, 3.8) is 0 Å². The van der Waals surface area contributed by atoms with Gasteiger partial charge in [0.1, 0.15) is 0 Å². The minimum atomic E-state index is 0.509. The smallest absolute Gasteiger partial charge is 0.0643 e. The lowest BCUT2D eigenvalue weighted by molar-refractivity contribution is 0.620. The Morgan fingerprint density at radius 2 is 2.00 bits per heavy atom. The fourth-order valence-electron chi connectivity index (χ4n) is 2.33.